The molecule has 1 fully saturated rings. The van der Waals surface area contributed by atoms with E-state index in [1.807, 2.05) is 4.90 Å². The first kappa shape index (κ1) is 18.9. The fraction of sp³-hybridized carbons (Fsp3) is 0.550. The van der Waals surface area contributed by atoms with Gasteiger partial charge in [-0.2, -0.15) is 0 Å². The van der Waals surface area contributed by atoms with E-state index in [2.05, 4.69) is 26.7 Å². The van der Waals surface area contributed by atoms with Gasteiger partial charge < -0.3 is 19.1 Å². The quantitative estimate of drug-likeness (QED) is 0.799. The molecule has 1 saturated heterocycles. The number of rotatable bonds is 4. The zero-order valence-corrected chi connectivity index (χ0v) is 16.2. The lowest BCUT2D eigenvalue weighted by atomic mass is 9.97. The number of hydrogen-bond donors (Lipinski definition) is 0. The molecule has 0 radical (unpaired) electrons. The maximum atomic E-state index is 13.0. The first-order valence-electron chi connectivity index (χ1n) is 9.87. The molecule has 2 aromatic rings. The van der Waals surface area contributed by atoms with Crippen molar-refractivity contribution < 1.29 is 13.9 Å². The van der Waals surface area contributed by atoms with Crippen molar-refractivity contribution in [1.29, 1.82) is 0 Å². The molecular weight excluding hydrogens is 361 g/mol. The summed E-state index contributed by atoms with van der Waals surface area (Å²) >= 11 is 0. The fourth-order valence-electron chi connectivity index (χ4n) is 4.04. The zero-order chi connectivity index (χ0) is 19.5. The second-order valence-electron chi connectivity index (χ2n) is 7.60. The highest BCUT2D eigenvalue weighted by Gasteiger charge is 2.28. The van der Waals surface area contributed by atoms with E-state index in [1.54, 1.807) is 0 Å². The molecule has 1 aromatic carbocycles. The Labute approximate surface area is 164 Å². The van der Waals surface area contributed by atoms with Gasteiger partial charge in [-0.25, -0.2) is 4.39 Å². The van der Waals surface area contributed by atoms with E-state index >= 15 is 0 Å². The lowest BCUT2D eigenvalue weighted by molar-refractivity contribution is -0.133. The summed E-state index contributed by atoms with van der Waals surface area (Å²) in [6, 6.07) is 5.70. The molecule has 0 N–H and O–H groups in total. The predicted molar refractivity (Wildman–Crippen MR) is 102 cm³/mol. The van der Waals surface area contributed by atoms with Crippen LogP contribution in [0.4, 0.5) is 4.39 Å². The Kier molecular flexibility index (Phi) is 5.57. The van der Waals surface area contributed by atoms with Crippen LogP contribution in [-0.4, -0.2) is 70.3 Å². The second kappa shape index (κ2) is 8.26. The molecule has 150 valence electrons. The molecule has 1 amide bonds. The minimum absolute atomic E-state index is 0.0491. The molecule has 0 saturated carbocycles. The molecular formula is C20H26FN5O2. The molecule has 4 rings (SSSR count). The predicted octanol–water partition coefficient (Wildman–Crippen LogP) is 1.69. The van der Waals surface area contributed by atoms with Gasteiger partial charge in [-0.3, -0.25) is 4.79 Å². The largest absolute Gasteiger partial charge is 0.484 e. The number of ether oxygens (including phenoxy) is 1. The molecule has 3 heterocycles. The van der Waals surface area contributed by atoms with E-state index in [9.17, 15) is 9.18 Å². The van der Waals surface area contributed by atoms with Crippen molar-refractivity contribution in [3.05, 3.63) is 41.7 Å². The van der Waals surface area contributed by atoms with Crippen LogP contribution >= 0.6 is 0 Å². The minimum Gasteiger partial charge on any atom is -0.484 e. The van der Waals surface area contributed by atoms with Gasteiger partial charge in [-0.15, -0.1) is 10.2 Å². The van der Waals surface area contributed by atoms with Crippen molar-refractivity contribution in [3.63, 3.8) is 0 Å². The van der Waals surface area contributed by atoms with E-state index in [-0.39, 0.29) is 18.3 Å². The second-order valence-corrected chi connectivity index (χ2v) is 7.60. The summed E-state index contributed by atoms with van der Waals surface area (Å²) in [7, 11) is 2.15. The van der Waals surface area contributed by atoms with Crippen LogP contribution in [0.15, 0.2) is 24.3 Å². The van der Waals surface area contributed by atoms with Crippen molar-refractivity contribution in [3.8, 4) is 5.75 Å². The molecule has 0 aliphatic carbocycles. The van der Waals surface area contributed by atoms with E-state index in [0.29, 0.717) is 37.7 Å². The topological polar surface area (TPSA) is 63.5 Å². The summed E-state index contributed by atoms with van der Waals surface area (Å²) in [4.78, 5) is 16.7. The van der Waals surface area contributed by atoms with Crippen LogP contribution in [0.25, 0.3) is 0 Å². The number of amides is 1. The van der Waals surface area contributed by atoms with Crippen LogP contribution in [0.2, 0.25) is 0 Å². The third kappa shape index (κ3) is 4.16. The summed E-state index contributed by atoms with van der Waals surface area (Å²) in [5, 5.41) is 8.88. The van der Waals surface area contributed by atoms with E-state index < -0.39 is 0 Å². The molecule has 2 aliphatic rings. The number of halogens is 1. The Bertz CT molecular complexity index is 823. The molecule has 1 aromatic heterocycles. The molecule has 0 unspecified atom stereocenters. The van der Waals surface area contributed by atoms with E-state index in [1.165, 1.54) is 30.7 Å². The third-order valence-corrected chi connectivity index (χ3v) is 5.57. The maximum Gasteiger partial charge on any atom is 0.260 e. The molecule has 7 nitrogen and oxygen atoms in total. The Hall–Kier alpha value is -2.48. The smallest absolute Gasteiger partial charge is 0.260 e. The Morgan fingerprint density at radius 1 is 1.18 bits per heavy atom. The summed E-state index contributed by atoms with van der Waals surface area (Å²) in [5.74, 6) is 2.52. The lowest BCUT2D eigenvalue weighted by Crippen LogP contribution is -2.37. The minimum atomic E-state index is -0.325. The number of aromatic nitrogens is 3. The summed E-state index contributed by atoms with van der Waals surface area (Å²) in [6.07, 6.45) is 3.00. The van der Waals surface area contributed by atoms with Crippen molar-refractivity contribution in [2.45, 2.75) is 31.7 Å². The molecule has 0 bridgehead atoms. The summed E-state index contributed by atoms with van der Waals surface area (Å²) in [5.41, 5.74) is 0. The SMILES string of the molecule is CN1CCC[C@H](c2nnc3n2CCN(C(=O)COc2ccc(F)cc2)CC3)C1. The number of carbonyl (C=O) groups excluding carboxylic acids is 1. The number of hydrogen-bond acceptors (Lipinski definition) is 5. The standard InChI is InChI=1S/C20H26FN5O2/c1-24-9-2-3-15(13-24)20-23-22-18-8-10-25(11-12-26(18)20)19(27)14-28-17-6-4-16(21)5-7-17/h4-7,15H,2-3,8-14H2,1H3/t15-/m0/s1. The van der Waals surface area contributed by atoms with Gasteiger partial charge in [-0.05, 0) is 50.7 Å². The van der Waals surface area contributed by atoms with Gasteiger partial charge >= 0.3 is 0 Å². The Morgan fingerprint density at radius 2 is 2.00 bits per heavy atom. The van der Waals surface area contributed by atoms with Crippen molar-refractivity contribution in [2.24, 2.45) is 0 Å². The number of fused-ring (bicyclic) bond motifs is 1. The molecule has 28 heavy (non-hydrogen) atoms. The normalized spacial score (nSPS) is 20.5. The molecule has 2 aliphatic heterocycles. The van der Waals surface area contributed by atoms with Crippen LogP contribution in [0, 0.1) is 5.82 Å². The van der Waals surface area contributed by atoms with Crippen LogP contribution in [0.3, 0.4) is 0 Å². The van der Waals surface area contributed by atoms with Crippen molar-refractivity contribution in [2.75, 3.05) is 39.8 Å². The Balaban J connectivity index is 1.36. The molecule has 0 spiro atoms. The van der Waals surface area contributed by atoms with E-state index in [0.717, 1.165) is 31.2 Å². The third-order valence-electron chi connectivity index (χ3n) is 5.57. The van der Waals surface area contributed by atoms with Crippen molar-refractivity contribution in [1.82, 2.24) is 24.6 Å². The van der Waals surface area contributed by atoms with Crippen molar-refractivity contribution >= 4 is 5.91 Å². The van der Waals surface area contributed by atoms with Gasteiger partial charge in [0, 0.05) is 38.5 Å². The van der Waals surface area contributed by atoms with Gasteiger partial charge in [0.1, 0.15) is 23.2 Å². The average molecular weight is 387 g/mol. The molecule has 8 heteroatoms. The van der Waals surface area contributed by atoms with Crippen LogP contribution < -0.4 is 4.74 Å². The van der Waals surface area contributed by atoms with Crippen LogP contribution in [0.5, 0.6) is 5.75 Å². The van der Waals surface area contributed by atoms with Gasteiger partial charge in [0.05, 0.1) is 0 Å². The number of nitrogens with zero attached hydrogens (tertiary/aromatic N) is 5. The molecule has 1 atom stereocenters. The number of likely N-dealkylation sites (N-methyl/N-ethyl adjacent to an activating group) is 1. The van der Waals surface area contributed by atoms with Gasteiger partial charge in [-0.1, -0.05) is 0 Å². The number of benzene rings is 1. The fourth-order valence-corrected chi connectivity index (χ4v) is 4.04. The number of piperidine rings is 1. The summed E-state index contributed by atoms with van der Waals surface area (Å²) < 4.78 is 20.7. The van der Waals surface area contributed by atoms with Crippen LogP contribution in [-0.2, 0) is 17.8 Å². The summed E-state index contributed by atoms with van der Waals surface area (Å²) in [6.45, 7) is 4.02. The monoisotopic (exact) mass is 387 g/mol. The average Bonchev–Trinajstić information content (AvgIpc) is 2.98. The number of carbonyl (C=O) groups is 1. The zero-order valence-electron chi connectivity index (χ0n) is 16.2. The van der Waals surface area contributed by atoms with Gasteiger partial charge in [0.25, 0.3) is 5.91 Å². The first-order chi connectivity index (χ1) is 13.6. The number of likely N-dealkylation sites (tertiary alicyclic amines) is 1. The van der Waals surface area contributed by atoms with Crippen LogP contribution in [0.1, 0.15) is 30.4 Å². The van der Waals surface area contributed by atoms with Gasteiger partial charge in [0.2, 0.25) is 0 Å². The highest BCUT2D eigenvalue weighted by molar-refractivity contribution is 5.77. The van der Waals surface area contributed by atoms with E-state index in [4.69, 9.17) is 4.74 Å². The first-order valence-corrected chi connectivity index (χ1v) is 9.87. The Morgan fingerprint density at radius 3 is 2.79 bits per heavy atom. The maximum absolute atomic E-state index is 13.0. The highest BCUT2D eigenvalue weighted by atomic mass is 19.1. The lowest BCUT2D eigenvalue weighted by Gasteiger charge is -2.29. The van der Waals surface area contributed by atoms with Gasteiger partial charge in [0.15, 0.2) is 6.61 Å². The highest BCUT2D eigenvalue weighted by Crippen LogP contribution is 2.26.